The summed E-state index contributed by atoms with van der Waals surface area (Å²) in [4.78, 5) is 10.8. The third-order valence-electron chi connectivity index (χ3n) is 2.58. The van der Waals surface area contributed by atoms with E-state index in [0.717, 1.165) is 12.2 Å². The van der Waals surface area contributed by atoms with Gasteiger partial charge in [-0.2, -0.15) is 0 Å². The number of halogens is 1. The second-order valence-corrected chi connectivity index (χ2v) is 3.86. The number of rotatable bonds is 3. The summed E-state index contributed by atoms with van der Waals surface area (Å²) in [6.45, 7) is 3.01. The van der Waals surface area contributed by atoms with E-state index in [-0.39, 0.29) is 24.0 Å². The van der Waals surface area contributed by atoms with Crippen molar-refractivity contribution in [2.24, 2.45) is 0 Å². The van der Waals surface area contributed by atoms with Crippen LogP contribution >= 0.6 is 0 Å². The summed E-state index contributed by atoms with van der Waals surface area (Å²) in [5.41, 5.74) is 1.37. The van der Waals surface area contributed by atoms with Crippen molar-refractivity contribution in [1.82, 2.24) is 4.48 Å². The average molecular weight is 321 g/mol. The number of hydrogen-bond donors (Lipinski definition) is 1. The Bertz CT molecular complexity index is 350. The molecule has 1 N–H and O–H groups in total. The Kier molecular flexibility index (Phi) is 5.23. The number of aromatic carboxylic acids is 1. The molecule has 0 atom stereocenters. The molecule has 0 aliphatic heterocycles. The molecule has 4 heteroatoms. The standard InChI is InChI=1S/C11H15NO2.HI/c1-4-12(2,3)10-7-5-6-9(8-10)11(13)14;/h5-8H,4H2,1-3H3;1H. The number of hydrogen-bond acceptors (Lipinski definition) is 1. The van der Waals surface area contributed by atoms with Crippen LogP contribution in [0, 0.1) is 0 Å². The summed E-state index contributed by atoms with van der Waals surface area (Å²) in [5, 5.41) is 8.84. The lowest BCUT2D eigenvalue weighted by Crippen LogP contribution is -3.00. The summed E-state index contributed by atoms with van der Waals surface area (Å²) >= 11 is 0. The van der Waals surface area contributed by atoms with Gasteiger partial charge in [-0.3, -0.25) is 4.48 Å². The Morgan fingerprint density at radius 2 is 2.00 bits per heavy atom. The smallest absolute Gasteiger partial charge is 0.335 e. The number of carboxylic acids is 1. The van der Waals surface area contributed by atoms with E-state index in [1.54, 1.807) is 18.2 Å². The molecular formula is C11H16INO2. The zero-order valence-electron chi connectivity index (χ0n) is 9.20. The van der Waals surface area contributed by atoms with E-state index in [0.29, 0.717) is 10.0 Å². The van der Waals surface area contributed by atoms with Crippen molar-refractivity contribution in [2.75, 3.05) is 20.6 Å². The quantitative estimate of drug-likeness (QED) is 0.571. The molecule has 0 spiro atoms. The summed E-state index contributed by atoms with van der Waals surface area (Å²) in [7, 11) is 4.11. The Morgan fingerprint density at radius 3 is 2.47 bits per heavy atom. The fraction of sp³-hybridized carbons (Fsp3) is 0.364. The van der Waals surface area contributed by atoms with Gasteiger partial charge >= 0.3 is 5.97 Å². The zero-order valence-corrected chi connectivity index (χ0v) is 11.4. The lowest BCUT2D eigenvalue weighted by atomic mass is 10.2. The minimum absolute atomic E-state index is 0. The van der Waals surface area contributed by atoms with Gasteiger partial charge in [0.1, 0.15) is 5.69 Å². The van der Waals surface area contributed by atoms with Crippen molar-refractivity contribution < 1.29 is 33.9 Å². The molecule has 15 heavy (non-hydrogen) atoms. The van der Waals surface area contributed by atoms with Gasteiger partial charge in [-0.1, -0.05) is 6.07 Å². The van der Waals surface area contributed by atoms with Crippen LogP contribution in [0.4, 0.5) is 5.69 Å². The van der Waals surface area contributed by atoms with E-state index in [1.807, 2.05) is 6.07 Å². The van der Waals surface area contributed by atoms with Crippen LogP contribution < -0.4 is 28.5 Å². The maximum atomic E-state index is 10.8. The van der Waals surface area contributed by atoms with Crippen molar-refractivity contribution in [3.8, 4) is 0 Å². The molecule has 0 aliphatic rings. The molecule has 0 bridgehead atoms. The molecule has 0 fully saturated rings. The Labute approximate surface area is 107 Å². The average Bonchev–Trinajstić information content (AvgIpc) is 2.18. The van der Waals surface area contributed by atoms with E-state index in [4.69, 9.17) is 5.11 Å². The van der Waals surface area contributed by atoms with Gasteiger partial charge in [-0.05, 0) is 19.1 Å². The van der Waals surface area contributed by atoms with Crippen LogP contribution in [0.2, 0.25) is 0 Å². The molecule has 84 valence electrons. The van der Waals surface area contributed by atoms with Crippen molar-refractivity contribution in [2.45, 2.75) is 6.92 Å². The molecule has 0 heterocycles. The number of quaternary nitrogens is 1. The van der Waals surface area contributed by atoms with E-state index < -0.39 is 5.97 Å². The second kappa shape index (κ2) is 5.46. The van der Waals surface area contributed by atoms with E-state index in [9.17, 15) is 4.79 Å². The molecule has 0 radical (unpaired) electrons. The molecular weight excluding hydrogens is 305 g/mol. The van der Waals surface area contributed by atoms with Gasteiger partial charge in [-0.25, -0.2) is 4.79 Å². The van der Waals surface area contributed by atoms with Crippen molar-refractivity contribution in [3.05, 3.63) is 29.8 Å². The van der Waals surface area contributed by atoms with Crippen LogP contribution in [0.1, 0.15) is 17.3 Å². The second-order valence-electron chi connectivity index (χ2n) is 3.86. The topological polar surface area (TPSA) is 37.3 Å². The molecule has 3 nitrogen and oxygen atoms in total. The highest BCUT2D eigenvalue weighted by Crippen LogP contribution is 2.19. The molecule has 1 aromatic rings. The van der Waals surface area contributed by atoms with E-state index in [2.05, 4.69) is 21.0 Å². The number of carboxylic acid groups (broad SMARTS) is 1. The first-order valence-electron chi connectivity index (χ1n) is 4.64. The summed E-state index contributed by atoms with van der Waals surface area (Å²) < 4.78 is 0.696. The van der Waals surface area contributed by atoms with Crippen LogP contribution in [0.5, 0.6) is 0 Å². The van der Waals surface area contributed by atoms with Gasteiger partial charge in [0.15, 0.2) is 0 Å². The van der Waals surface area contributed by atoms with Gasteiger partial charge in [0, 0.05) is 6.07 Å². The van der Waals surface area contributed by atoms with Crippen LogP contribution in [-0.4, -0.2) is 31.7 Å². The minimum atomic E-state index is -0.872. The summed E-state index contributed by atoms with van der Waals surface area (Å²) in [6, 6.07) is 7.08. The summed E-state index contributed by atoms with van der Waals surface area (Å²) in [5.74, 6) is -0.872. The normalized spacial score (nSPS) is 10.6. The van der Waals surface area contributed by atoms with E-state index >= 15 is 0 Å². The fourth-order valence-corrected chi connectivity index (χ4v) is 1.20. The van der Waals surface area contributed by atoms with Crippen molar-refractivity contribution >= 4 is 11.7 Å². The highest BCUT2D eigenvalue weighted by atomic mass is 127. The van der Waals surface area contributed by atoms with Gasteiger partial charge in [-0.15, -0.1) is 0 Å². The SMILES string of the molecule is CC[N+](C)(C)c1cccc(C(=O)O)c1.[I-]. The van der Waals surface area contributed by atoms with Crippen LogP contribution in [0.3, 0.4) is 0 Å². The first-order valence-corrected chi connectivity index (χ1v) is 4.64. The van der Waals surface area contributed by atoms with Gasteiger partial charge in [0.2, 0.25) is 0 Å². The first-order chi connectivity index (χ1) is 6.47. The molecule has 0 saturated heterocycles. The lowest BCUT2D eigenvalue weighted by molar-refractivity contribution is -0.0000187. The third kappa shape index (κ3) is 3.46. The number of carbonyl (C=O) groups is 1. The molecule has 0 aliphatic carbocycles. The molecule has 0 saturated carbocycles. The van der Waals surface area contributed by atoms with Gasteiger partial charge in [0.25, 0.3) is 0 Å². The van der Waals surface area contributed by atoms with Gasteiger partial charge < -0.3 is 29.1 Å². The predicted molar refractivity (Wildman–Crippen MR) is 57.6 cm³/mol. The maximum Gasteiger partial charge on any atom is 0.335 e. The Hall–Kier alpha value is -0.620. The minimum Gasteiger partial charge on any atom is -1.00 e. The zero-order chi connectivity index (χ0) is 10.8. The lowest BCUT2D eigenvalue weighted by Gasteiger charge is -2.27. The van der Waals surface area contributed by atoms with E-state index in [1.165, 1.54) is 0 Å². The molecule has 1 rings (SSSR count). The van der Waals surface area contributed by atoms with Crippen molar-refractivity contribution in [1.29, 1.82) is 0 Å². The highest BCUT2D eigenvalue weighted by molar-refractivity contribution is 5.88. The number of nitrogens with zero attached hydrogens (tertiary/aromatic N) is 1. The van der Waals surface area contributed by atoms with Crippen LogP contribution in [0.15, 0.2) is 24.3 Å². The monoisotopic (exact) mass is 321 g/mol. The maximum absolute atomic E-state index is 10.8. The predicted octanol–water partition coefficient (Wildman–Crippen LogP) is -1.02. The third-order valence-corrected chi connectivity index (χ3v) is 2.58. The molecule has 0 aromatic heterocycles. The highest BCUT2D eigenvalue weighted by Gasteiger charge is 2.17. The van der Waals surface area contributed by atoms with Crippen molar-refractivity contribution in [3.63, 3.8) is 0 Å². The molecule has 0 unspecified atom stereocenters. The molecule has 0 amide bonds. The number of benzene rings is 1. The Balaban J connectivity index is 0.00000196. The largest absolute Gasteiger partial charge is 1.00 e. The van der Waals surface area contributed by atoms with Crippen LogP contribution in [-0.2, 0) is 0 Å². The van der Waals surface area contributed by atoms with Gasteiger partial charge in [0.05, 0.1) is 26.2 Å². The summed E-state index contributed by atoms with van der Waals surface area (Å²) in [6.07, 6.45) is 0. The first kappa shape index (κ1) is 14.4. The molecule has 1 aromatic carbocycles. The fourth-order valence-electron chi connectivity index (χ4n) is 1.20. The van der Waals surface area contributed by atoms with Crippen LogP contribution in [0.25, 0.3) is 0 Å². The Morgan fingerprint density at radius 1 is 1.40 bits per heavy atom.